The van der Waals surface area contributed by atoms with E-state index in [1.165, 1.54) is 0 Å². The Morgan fingerprint density at radius 3 is 2.29 bits per heavy atom. The molecule has 0 saturated carbocycles. The summed E-state index contributed by atoms with van der Waals surface area (Å²) in [5.41, 5.74) is 0. The molecule has 12 heteroatoms. The van der Waals surface area contributed by atoms with Crippen molar-refractivity contribution >= 4 is 6.16 Å². The zero-order valence-electron chi connectivity index (χ0n) is 9.73. The first-order chi connectivity index (χ1) is 9.41. The van der Waals surface area contributed by atoms with Gasteiger partial charge in [0.05, 0.1) is 0 Å². The van der Waals surface area contributed by atoms with Crippen LogP contribution in [0, 0.1) is 0 Å². The molecule has 21 heavy (non-hydrogen) atoms. The molecule has 0 aromatic heterocycles. The number of halogens is 8. The molecule has 0 aromatic carbocycles. The fourth-order valence-electron chi connectivity index (χ4n) is 1.25. The third-order valence-electron chi connectivity index (χ3n) is 2.21. The Balaban J connectivity index is 2.99. The van der Waals surface area contributed by atoms with E-state index in [1.54, 1.807) is 0 Å². The van der Waals surface area contributed by atoms with E-state index in [-0.39, 0.29) is 6.08 Å². The van der Waals surface area contributed by atoms with Gasteiger partial charge in [0.15, 0.2) is 6.61 Å². The molecule has 4 nitrogen and oxygen atoms in total. The Morgan fingerprint density at radius 1 is 1.33 bits per heavy atom. The minimum absolute atomic E-state index is 0.378. The standard InChI is InChI=1S/C9H6F8O4/c10-4(1-5(11)12)2-20-7(3-19-6(18)21-7)8(13,14)9(15,16)17/h1,5H,2-3H2. The fraction of sp³-hybridized carbons (Fsp3) is 0.667. The number of rotatable bonds is 5. The summed E-state index contributed by atoms with van der Waals surface area (Å²) in [5.74, 6) is -11.6. The molecule has 0 bridgehead atoms. The Kier molecular flexibility index (Phi) is 4.70. The highest BCUT2D eigenvalue weighted by molar-refractivity contribution is 5.62. The zero-order chi connectivity index (χ0) is 16.5. The van der Waals surface area contributed by atoms with Crippen LogP contribution in [0.4, 0.5) is 39.9 Å². The minimum atomic E-state index is -6.22. The van der Waals surface area contributed by atoms with Gasteiger partial charge in [0, 0.05) is 6.08 Å². The topological polar surface area (TPSA) is 44.8 Å². The molecule has 0 aromatic rings. The summed E-state index contributed by atoms with van der Waals surface area (Å²) in [5, 5.41) is 0. The number of carbonyl (C=O) groups is 1. The maximum Gasteiger partial charge on any atom is 0.511 e. The highest BCUT2D eigenvalue weighted by Crippen LogP contribution is 2.48. The largest absolute Gasteiger partial charge is 0.511 e. The van der Waals surface area contributed by atoms with Gasteiger partial charge in [-0.15, -0.1) is 0 Å². The van der Waals surface area contributed by atoms with E-state index in [9.17, 15) is 39.9 Å². The molecular weight excluding hydrogens is 324 g/mol. The number of allylic oxidation sites excluding steroid dienone is 1. The van der Waals surface area contributed by atoms with Gasteiger partial charge >= 0.3 is 24.0 Å². The number of carbonyl (C=O) groups excluding carboxylic acids is 1. The van der Waals surface area contributed by atoms with Gasteiger partial charge in [-0.1, -0.05) is 0 Å². The van der Waals surface area contributed by atoms with Crippen LogP contribution in [0.3, 0.4) is 0 Å². The first-order valence-electron chi connectivity index (χ1n) is 5.00. The van der Waals surface area contributed by atoms with Crippen LogP contribution in [-0.2, 0) is 14.2 Å². The van der Waals surface area contributed by atoms with Crippen molar-refractivity contribution in [2.45, 2.75) is 24.3 Å². The maximum absolute atomic E-state index is 13.3. The molecule has 1 rings (SSSR count). The van der Waals surface area contributed by atoms with Gasteiger partial charge in [-0.05, 0) is 0 Å². The van der Waals surface area contributed by atoms with Crippen molar-refractivity contribution in [2.75, 3.05) is 13.2 Å². The summed E-state index contributed by atoms with van der Waals surface area (Å²) in [6, 6.07) is 0. The summed E-state index contributed by atoms with van der Waals surface area (Å²) in [6.45, 7) is -3.40. The summed E-state index contributed by atoms with van der Waals surface area (Å²) in [7, 11) is 0. The Bertz CT molecular complexity index is 432. The lowest BCUT2D eigenvalue weighted by Crippen LogP contribution is -2.60. The minimum Gasteiger partial charge on any atom is -0.427 e. The Hall–Kier alpha value is -1.59. The molecule has 1 saturated heterocycles. The Labute approximate surface area is 111 Å². The monoisotopic (exact) mass is 330 g/mol. The van der Waals surface area contributed by atoms with E-state index in [0.717, 1.165) is 0 Å². The van der Waals surface area contributed by atoms with Gasteiger partial charge in [-0.3, -0.25) is 0 Å². The third kappa shape index (κ3) is 3.54. The lowest BCUT2D eigenvalue weighted by Gasteiger charge is -2.33. The van der Waals surface area contributed by atoms with Crippen LogP contribution in [0.2, 0.25) is 0 Å². The van der Waals surface area contributed by atoms with Crippen molar-refractivity contribution in [1.82, 2.24) is 0 Å². The number of cyclic esters (lactones) is 2. The van der Waals surface area contributed by atoms with Gasteiger partial charge < -0.3 is 14.2 Å². The van der Waals surface area contributed by atoms with Crippen LogP contribution in [0.25, 0.3) is 0 Å². The second-order valence-electron chi connectivity index (χ2n) is 3.70. The number of ether oxygens (including phenoxy) is 3. The van der Waals surface area contributed by atoms with Crippen LogP contribution in [0.1, 0.15) is 0 Å². The van der Waals surface area contributed by atoms with Crippen molar-refractivity contribution in [2.24, 2.45) is 0 Å². The van der Waals surface area contributed by atoms with Crippen LogP contribution in [0.5, 0.6) is 0 Å². The molecule has 1 heterocycles. The van der Waals surface area contributed by atoms with Crippen molar-refractivity contribution in [3.8, 4) is 0 Å². The van der Waals surface area contributed by atoms with Crippen molar-refractivity contribution in [1.29, 1.82) is 0 Å². The maximum atomic E-state index is 13.3. The molecule has 1 aliphatic heterocycles. The second kappa shape index (κ2) is 5.66. The molecule has 1 unspecified atom stereocenters. The molecular formula is C9H6F8O4. The van der Waals surface area contributed by atoms with Crippen LogP contribution < -0.4 is 0 Å². The van der Waals surface area contributed by atoms with Crippen molar-refractivity contribution in [3.05, 3.63) is 11.9 Å². The average molecular weight is 330 g/mol. The van der Waals surface area contributed by atoms with Crippen LogP contribution >= 0.6 is 0 Å². The molecule has 0 spiro atoms. The first-order valence-corrected chi connectivity index (χ1v) is 5.00. The SMILES string of the molecule is O=C1OCC(OCC(F)=CC(F)F)(C(F)(F)C(F)(F)F)O1. The van der Waals surface area contributed by atoms with E-state index in [0.29, 0.717) is 0 Å². The van der Waals surface area contributed by atoms with E-state index >= 15 is 0 Å². The molecule has 1 aliphatic rings. The third-order valence-corrected chi connectivity index (χ3v) is 2.21. The predicted octanol–water partition coefficient (Wildman–Crippen LogP) is 3.18. The lowest BCUT2D eigenvalue weighted by molar-refractivity contribution is -0.392. The van der Waals surface area contributed by atoms with Crippen molar-refractivity contribution in [3.63, 3.8) is 0 Å². The number of alkyl halides is 7. The summed E-state index contributed by atoms with van der Waals surface area (Å²) in [4.78, 5) is 10.6. The normalized spacial score (nSPS) is 24.2. The average Bonchev–Trinajstić information content (AvgIpc) is 2.67. The van der Waals surface area contributed by atoms with Crippen LogP contribution in [-0.4, -0.2) is 43.7 Å². The van der Waals surface area contributed by atoms with E-state index in [2.05, 4.69) is 14.2 Å². The number of hydrogen-bond donors (Lipinski definition) is 0. The molecule has 0 N–H and O–H groups in total. The highest BCUT2D eigenvalue weighted by Gasteiger charge is 2.76. The predicted molar refractivity (Wildman–Crippen MR) is 47.3 cm³/mol. The molecule has 0 aliphatic carbocycles. The first kappa shape index (κ1) is 17.5. The van der Waals surface area contributed by atoms with Gasteiger partial charge in [0.2, 0.25) is 0 Å². The molecule has 1 atom stereocenters. The summed E-state index contributed by atoms with van der Waals surface area (Å²) >= 11 is 0. The van der Waals surface area contributed by atoms with E-state index in [4.69, 9.17) is 0 Å². The smallest absolute Gasteiger partial charge is 0.427 e. The lowest BCUT2D eigenvalue weighted by atomic mass is 10.1. The van der Waals surface area contributed by atoms with Gasteiger partial charge in [-0.25, -0.2) is 18.0 Å². The van der Waals surface area contributed by atoms with E-state index < -0.39 is 49.5 Å². The van der Waals surface area contributed by atoms with Gasteiger partial charge in [0.1, 0.15) is 12.4 Å². The highest BCUT2D eigenvalue weighted by atomic mass is 19.4. The van der Waals surface area contributed by atoms with Crippen LogP contribution in [0.15, 0.2) is 11.9 Å². The Morgan fingerprint density at radius 2 is 1.90 bits per heavy atom. The van der Waals surface area contributed by atoms with Gasteiger partial charge in [-0.2, -0.15) is 22.0 Å². The summed E-state index contributed by atoms with van der Waals surface area (Å²) < 4.78 is 111. The van der Waals surface area contributed by atoms with E-state index in [1.807, 2.05) is 0 Å². The fourth-order valence-corrected chi connectivity index (χ4v) is 1.25. The molecule has 1 fully saturated rings. The molecule has 122 valence electrons. The quantitative estimate of drug-likeness (QED) is 0.574. The zero-order valence-corrected chi connectivity index (χ0v) is 9.73. The van der Waals surface area contributed by atoms with Gasteiger partial charge in [0.25, 0.3) is 6.43 Å². The molecule has 0 radical (unpaired) electrons. The molecule has 0 amide bonds. The number of hydrogen-bond acceptors (Lipinski definition) is 4. The second-order valence-corrected chi connectivity index (χ2v) is 3.70. The summed E-state index contributed by atoms with van der Waals surface area (Å²) in [6.07, 6.45) is -11.8. The van der Waals surface area contributed by atoms with Crippen molar-refractivity contribution < 1.29 is 54.1 Å².